The Labute approximate surface area is 104 Å². The summed E-state index contributed by atoms with van der Waals surface area (Å²) in [5, 5.41) is 6.68. The first kappa shape index (κ1) is 11.7. The van der Waals surface area contributed by atoms with Crippen LogP contribution in [0.3, 0.4) is 0 Å². The first-order valence-electron chi connectivity index (χ1n) is 5.28. The number of benzene rings is 1. The maximum absolute atomic E-state index is 12.0. The standard InChI is InChI=1S/C13H14N2OS/c1-8-5-10(3-4-12(8)14)15-13(16)11-7-17-6-9(11)2/h3-7H,14H2,1-2H3,(H,15,16). The molecule has 0 atom stereocenters. The smallest absolute Gasteiger partial charge is 0.256 e. The van der Waals surface area contributed by atoms with Gasteiger partial charge in [-0.05, 0) is 48.6 Å². The number of nitrogens with one attached hydrogen (secondary N) is 1. The van der Waals surface area contributed by atoms with Gasteiger partial charge in [-0.1, -0.05) is 0 Å². The van der Waals surface area contributed by atoms with Crippen LogP contribution < -0.4 is 11.1 Å². The summed E-state index contributed by atoms with van der Waals surface area (Å²) in [6.07, 6.45) is 0. The fourth-order valence-corrected chi connectivity index (χ4v) is 2.37. The van der Waals surface area contributed by atoms with E-state index in [9.17, 15) is 4.79 Å². The Kier molecular flexibility index (Phi) is 3.15. The maximum Gasteiger partial charge on any atom is 0.256 e. The third kappa shape index (κ3) is 2.47. The molecule has 4 heteroatoms. The topological polar surface area (TPSA) is 55.1 Å². The van der Waals surface area contributed by atoms with Gasteiger partial charge < -0.3 is 11.1 Å². The van der Waals surface area contributed by atoms with Crippen LogP contribution in [0, 0.1) is 13.8 Å². The number of carbonyl (C=O) groups excluding carboxylic acids is 1. The molecule has 0 radical (unpaired) electrons. The molecule has 3 nitrogen and oxygen atoms in total. The first-order valence-corrected chi connectivity index (χ1v) is 6.22. The average Bonchev–Trinajstić information content (AvgIpc) is 2.70. The second kappa shape index (κ2) is 4.59. The average molecular weight is 246 g/mol. The largest absolute Gasteiger partial charge is 0.399 e. The molecule has 17 heavy (non-hydrogen) atoms. The number of rotatable bonds is 2. The van der Waals surface area contributed by atoms with E-state index in [0.29, 0.717) is 0 Å². The fraction of sp³-hybridized carbons (Fsp3) is 0.154. The molecule has 0 saturated carbocycles. The van der Waals surface area contributed by atoms with E-state index >= 15 is 0 Å². The Bertz CT molecular complexity index is 560. The Morgan fingerprint density at radius 2 is 2.00 bits per heavy atom. The maximum atomic E-state index is 12.0. The highest BCUT2D eigenvalue weighted by atomic mass is 32.1. The molecule has 2 rings (SSSR count). The van der Waals surface area contributed by atoms with E-state index in [4.69, 9.17) is 5.73 Å². The van der Waals surface area contributed by atoms with E-state index in [2.05, 4.69) is 5.32 Å². The summed E-state index contributed by atoms with van der Waals surface area (Å²) in [6, 6.07) is 5.47. The van der Waals surface area contributed by atoms with E-state index in [1.807, 2.05) is 36.7 Å². The van der Waals surface area contributed by atoms with Gasteiger partial charge in [-0.3, -0.25) is 4.79 Å². The van der Waals surface area contributed by atoms with Gasteiger partial charge in [-0.2, -0.15) is 11.3 Å². The van der Waals surface area contributed by atoms with Crippen molar-refractivity contribution in [3.8, 4) is 0 Å². The van der Waals surface area contributed by atoms with Crippen LogP contribution in [0.25, 0.3) is 0 Å². The van der Waals surface area contributed by atoms with Crippen molar-refractivity contribution in [2.24, 2.45) is 0 Å². The van der Waals surface area contributed by atoms with Crippen LogP contribution in [0.15, 0.2) is 29.0 Å². The van der Waals surface area contributed by atoms with Crippen molar-refractivity contribution in [1.82, 2.24) is 0 Å². The molecule has 0 spiro atoms. The molecule has 1 heterocycles. The van der Waals surface area contributed by atoms with Gasteiger partial charge >= 0.3 is 0 Å². The zero-order chi connectivity index (χ0) is 12.4. The van der Waals surface area contributed by atoms with Gasteiger partial charge in [0.2, 0.25) is 0 Å². The van der Waals surface area contributed by atoms with Crippen LogP contribution in [0.4, 0.5) is 11.4 Å². The van der Waals surface area contributed by atoms with Crippen LogP contribution in [0.2, 0.25) is 0 Å². The van der Waals surface area contributed by atoms with E-state index in [1.54, 1.807) is 6.07 Å². The van der Waals surface area contributed by atoms with Gasteiger partial charge in [0.25, 0.3) is 5.91 Å². The van der Waals surface area contributed by atoms with E-state index in [0.717, 1.165) is 28.1 Å². The lowest BCUT2D eigenvalue weighted by Gasteiger charge is -2.07. The van der Waals surface area contributed by atoms with Gasteiger partial charge in [0.1, 0.15) is 0 Å². The van der Waals surface area contributed by atoms with Gasteiger partial charge in [-0.15, -0.1) is 0 Å². The molecule has 1 aromatic carbocycles. The number of amides is 1. The molecule has 3 N–H and O–H groups in total. The van der Waals surface area contributed by atoms with Gasteiger partial charge in [0.15, 0.2) is 0 Å². The quantitative estimate of drug-likeness (QED) is 0.799. The molecule has 0 bridgehead atoms. The molecule has 2 aromatic rings. The number of carbonyl (C=O) groups is 1. The zero-order valence-corrected chi connectivity index (χ0v) is 10.6. The monoisotopic (exact) mass is 246 g/mol. The van der Waals surface area contributed by atoms with Crippen LogP contribution in [-0.4, -0.2) is 5.91 Å². The number of nitrogens with two attached hydrogens (primary N) is 1. The molecule has 0 aliphatic heterocycles. The van der Waals surface area contributed by atoms with Crippen LogP contribution in [0.5, 0.6) is 0 Å². The molecule has 1 aromatic heterocycles. The Morgan fingerprint density at radius 3 is 2.59 bits per heavy atom. The lowest BCUT2D eigenvalue weighted by molar-refractivity contribution is 0.102. The Balaban J connectivity index is 2.19. The highest BCUT2D eigenvalue weighted by molar-refractivity contribution is 7.08. The zero-order valence-electron chi connectivity index (χ0n) is 9.78. The second-order valence-corrected chi connectivity index (χ2v) is 4.74. The highest BCUT2D eigenvalue weighted by Gasteiger charge is 2.10. The summed E-state index contributed by atoms with van der Waals surface area (Å²) < 4.78 is 0. The summed E-state index contributed by atoms with van der Waals surface area (Å²) >= 11 is 1.53. The minimum absolute atomic E-state index is 0.0760. The molecule has 0 fully saturated rings. The summed E-state index contributed by atoms with van der Waals surface area (Å²) in [5.74, 6) is -0.0760. The molecule has 0 aliphatic rings. The van der Waals surface area contributed by atoms with Crippen LogP contribution in [-0.2, 0) is 0 Å². The molecule has 0 unspecified atom stereocenters. The molecular formula is C13H14N2OS. The lowest BCUT2D eigenvalue weighted by Crippen LogP contribution is -2.12. The third-order valence-corrected chi connectivity index (χ3v) is 3.49. The molecule has 1 amide bonds. The van der Waals surface area contributed by atoms with E-state index in [-0.39, 0.29) is 5.91 Å². The van der Waals surface area contributed by atoms with Crippen molar-refractivity contribution >= 4 is 28.6 Å². The fourth-order valence-electron chi connectivity index (χ4n) is 1.55. The van der Waals surface area contributed by atoms with E-state index < -0.39 is 0 Å². The molecule has 88 valence electrons. The van der Waals surface area contributed by atoms with Crippen molar-refractivity contribution < 1.29 is 4.79 Å². The van der Waals surface area contributed by atoms with Crippen molar-refractivity contribution in [3.05, 3.63) is 45.6 Å². The van der Waals surface area contributed by atoms with Crippen LogP contribution in [0.1, 0.15) is 21.5 Å². The van der Waals surface area contributed by atoms with Gasteiger partial charge in [-0.25, -0.2) is 0 Å². The molecule has 0 aliphatic carbocycles. The number of anilines is 2. The summed E-state index contributed by atoms with van der Waals surface area (Å²) in [5.41, 5.74) is 9.92. The predicted molar refractivity (Wildman–Crippen MR) is 72.6 cm³/mol. The number of hydrogen-bond donors (Lipinski definition) is 2. The number of hydrogen-bond acceptors (Lipinski definition) is 3. The Morgan fingerprint density at radius 1 is 1.24 bits per heavy atom. The number of aryl methyl sites for hydroxylation is 2. The Hall–Kier alpha value is -1.81. The summed E-state index contributed by atoms with van der Waals surface area (Å²) in [7, 11) is 0. The van der Waals surface area contributed by atoms with Gasteiger partial charge in [0, 0.05) is 16.8 Å². The third-order valence-electron chi connectivity index (χ3n) is 2.63. The lowest BCUT2D eigenvalue weighted by atomic mass is 10.1. The van der Waals surface area contributed by atoms with Gasteiger partial charge in [0.05, 0.1) is 5.56 Å². The van der Waals surface area contributed by atoms with Crippen molar-refractivity contribution in [2.75, 3.05) is 11.1 Å². The first-order chi connectivity index (χ1) is 8.08. The summed E-state index contributed by atoms with van der Waals surface area (Å²) in [6.45, 7) is 3.85. The summed E-state index contributed by atoms with van der Waals surface area (Å²) in [4.78, 5) is 12.0. The SMILES string of the molecule is Cc1cc(NC(=O)c2cscc2C)ccc1N. The number of thiophene rings is 1. The van der Waals surface area contributed by atoms with Crippen molar-refractivity contribution in [1.29, 1.82) is 0 Å². The van der Waals surface area contributed by atoms with E-state index in [1.165, 1.54) is 11.3 Å². The minimum Gasteiger partial charge on any atom is -0.399 e. The van der Waals surface area contributed by atoms with Crippen molar-refractivity contribution in [2.45, 2.75) is 13.8 Å². The van der Waals surface area contributed by atoms with Crippen LogP contribution >= 0.6 is 11.3 Å². The normalized spacial score (nSPS) is 10.2. The second-order valence-electron chi connectivity index (χ2n) is 3.99. The predicted octanol–water partition coefficient (Wildman–Crippen LogP) is 3.20. The molecular weight excluding hydrogens is 232 g/mol. The van der Waals surface area contributed by atoms with Crippen molar-refractivity contribution in [3.63, 3.8) is 0 Å². The highest BCUT2D eigenvalue weighted by Crippen LogP contribution is 2.19. The molecule has 0 saturated heterocycles. The number of nitrogen functional groups attached to an aromatic ring is 1. The minimum atomic E-state index is -0.0760.